The van der Waals surface area contributed by atoms with Crippen molar-refractivity contribution in [3.05, 3.63) is 63.7 Å². The van der Waals surface area contributed by atoms with E-state index in [0.717, 1.165) is 17.5 Å². The Morgan fingerprint density at radius 1 is 1.14 bits per heavy atom. The SMILES string of the molecule is CCc1ccc(Cn2c(=S)[nH]c3cc(F)c(C)cc32)cc1. The molecular weight excluding hydrogens is 283 g/mol. The minimum atomic E-state index is -0.210. The van der Waals surface area contributed by atoms with E-state index in [9.17, 15) is 4.39 Å². The van der Waals surface area contributed by atoms with Crippen LogP contribution in [0.1, 0.15) is 23.6 Å². The monoisotopic (exact) mass is 300 g/mol. The number of aryl methyl sites for hydroxylation is 2. The number of H-pyrrole nitrogens is 1. The first-order valence-corrected chi connectivity index (χ1v) is 7.46. The number of fused-ring (bicyclic) bond motifs is 1. The van der Waals surface area contributed by atoms with Crippen molar-refractivity contribution in [2.45, 2.75) is 26.8 Å². The molecule has 3 aromatic rings. The van der Waals surface area contributed by atoms with Crippen LogP contribution >= 0.6 is 12.2 Å². The van der Waals surface area contributed by atoms with Crippen molar-refractivity contribution in [2.75, 3.05) is 0 Å². The fraction of sp³-hybridized carbons (Fsp3) is 0.235. The molecule has 21 heavy (non-hydrogen) atoms. The first-order valence-electron chi connectivity index (χ1n) is 7.05. The normalized spacial score (nSPS) is 11.2. The number of nitrogens with zero attached hydrogens (tertiary/aromatic N) is 1. The highest BCUT2D eigenvalue weighted by atomic mass is 32.1. The van der Waals surface area contributed by atoms with Crippen LogP contribution in [-0.2, 0) is 13.0 Å². The van der Waals surface area contributed by atoms with Crippen molar-refractivity contribution in [1.82, 2.24) is 9.55 Å². The summed E-state index contributed by atoms with van der Waals surface area (Å²) in [4.78, 5) is 3.08. The van der Waals surface area contributed by atoms with Gasteiger partial charge in [0.15, 0.2) is 4.77 Å². The van der Waals surface area contributed by atoms with E-state index in [1.54, 1.807) is 6.92 Å². The first kappa shape index (κ1) is 14.0. The number of hydrogen-bond acceptors (Lipinski definition) is 1. The summed E-state index contributed by atoms with van der Waals surface area (Å²) in [5.41, 5.74) is 4.82. The molecule has 0 aliphatic heterocycles. The van der Waals surface area contributed by atoms with Gasteiger partial charge < -0.3 is 9.55 Å². The number of imidazole rings is 1. The van der Waals surface area contributed by atoms with Crippen LogP contribution in [0.2, 0.25) is 0 Å². The van der Waals surface area contributed by atoms with Gasteiger partial charge in [0.05, 0.1) is 17.6 Å². The third-order valence-electron chi connectivity index (χ3n) is 3.83. The zero-order chi connectivity index (χ0) is 15.0. The average molecular weight is 300 g/mol. The van der Waals surface area contributed by atoms with Crippen LogP contribution in [0.5, 0.6) is 0 Å². The Morgan fingerprint density at radius 2 is 1.81 bits per heavy atom. The van der Waals surface area contributed by atoms with Crippen LogP contribution < -0.4 is 0 Å². The van der Waals surface area contributed by atoms with E-state index < -0.39 is 0 Å². The summed E-state index contributed by atoms with van der Waals surface area (Å²) in [6.07, 6.45) is 1.03. The molecule has 2 aromatic carbocycles. The summed E-state index contributed by atoms with van der Waals surface area (Å²) in [5, 5.41) is 0. The van der Waals surface area contributed by atoms with Crippen molar-refractivity contribution in [3.8, 4) is 0 Å². The zero-order valence-electron chi connectivity index (χ0n) is 12.1. The standard InChI is InChI=1S/C17H17FN2S/c1-3-12-4-6-13(7-5-12)10-20-16-8-11(2)14(18)9-15(16)19-17(20)21/h4-9H,3,10H2,1-2H3,(H,19,21). The van der Waals surface area contributed by atoms with Gasteiger partial charge in [0, 0.05) is 0 Å². The summed E-state index contributed by atoms with van der Waals surface area (Å²) in [7, 11) is 0. The minimum absolute atomic E-state index is 0.210. The summed E-state index contributed by atoms with van der Waals surface area (Å²) < 4.78 is 16.3. The van der Waals surface area contributed by atoms with E-state index in [1.165, 1.54) is 17.2 Å². The van der Waals surface area contributed by atoms with Gasteiger partial charge in [0.1, 0.15) is 5.82 Å². The summed E-state index contributed by atoms with van der Waals surface area (Å²) in [6, 6.07) is 11.9. The van der Waals surface area contributed by atoms with Gasteiger partial charge in [0.25, 0.3) is 0 Å². The van der Waals surface area contributed by atoms with Gasteiger partial charge in [-0.25, -0.2) is 4.39 Å². The fourth-order valence-electron chi connectivity index (χ4n) is 2.50. The molecule has 0 radical (unpaired) electrons. The highest BCUT2D eigenvalue weighted by Crippen LogP contribution is 2.20. The van der Waals surface area contributed by atoms with E-state index >= 15 is 0 Å². The Balaban J connectivity index is 2.05. The predicted octanol–water partition coefficient (Wildman–Crippen LogP) is 4.76. The quantitative estimate of drug-likeness (QED) is 0.692. The molecule has 2 nitrogen and oxygen atoms in total. The molecule has 3 rings (SSSR count). The van der Waals surface area contributed by atoms with Crippen LogP contribution in [0.4, 0.5) is 4.39 Å². The molecule has 4 heteroatoms. The lowest BCUT2D eigenvalue weighted by molar-refractivity contribution is 0.620. The van der Waals surface area contributed by atoms with Crippen LogP contribution in [0.3, 0.4) is 0 Å². The second-order valence-corrected chi connectivity index (χ2v) is 5.69. The van der Waals surface area contributed by atoms with E-state index in [4.69, 9.17) is 12.2 Å². The number of aromatic amines is 1. The average Bonchev–Trinajstić information content (AvgIpc) is 2.76. The molecule has 0 spiro atoms. The molecule has 0 bridgehead atoms. The van der Waals surface area contributed by atoms with E-state index in [2.05, 4.69) is 36.2 Å². The molecule has 0 amide bonds. The number of hydrogen-bond donors (Lipinski definition) is 1. The fourth-order valence-corrected chi connectivity index (χ4v) is 2.77. The lowest BCUT2D eigenvalue weighted by atomic mass is 10.1. The molecule has 0 atom stereocenters. The molecule has 1 heterocycles. The Morgan fingerprint density at radius 3 is 2.48 bits per heavy atom. The van der Waals surface area contributed by atoms with Gasteiger partial charge >= 0.3 is 0 Å². The maximum absolute atomic E-state index is 13.6. The van der Waals surface area contributed by atoms with Crippen molar-refractivity contribution >= 4 is 23.3 Å². The second kappa shape index (κ2) is 5.45. The van der Waals surface area contributed by atoms with Gasteiger partial charge in [-0.3, -0.25) is 0 Å². The van der Waals surface area contributed by atoms with Crippen molar-refractivity contribution in [1.29, 1.82) is 0 Å². The van der Waals surface area contributed by atoms with E-state index in [1.807, 2.05) is 10.6 Å². The highest BCUT2D eigenvalue weighted by molar-refractivity contribution is 7.71. The maximum atomic E-state index is 13.6. The Hall–Kier alpha value is -1.94. The molecule has 1 N–H and O–H groups in total. The van der Waals surface area contributed by atoms with Crippen LogP contribution in [0.25, 0.3) is 11.0 Å². The van der Waals surface area contributed by atoms with E-state index in [-0.39, 0.29) is 5.82 Å². The Bertz CT molecular complexity index is 844. The number of nitrogens with one attached hydrogen (secondary N) is 1. The molecule has 0 aliphatic rings. The van der Waals surface area contributed by atoms with Crippen LogP contribution in [0.15, 0.2) is 36.4 Å². The molecule has 1 aromatic heterocycles. The molecule has 0 saturated heterocycles. The smallest absolute Gasteiger partial charge is 0.178 e. The molecule has 0 aliphatic carbocycles. The lowest BCUT2D eigenvalue weighted by Gasteiger charge is -2.07. The third kappa shape index (κ3) is 2.63. The minimum Gasteiger partial charge on any atom is -0.330 e. The van der Waals surface area contributed by atoms with Gasteiger partial charge in [-0.15, -0.1) is 0 Å². The maximum Gasteiger partial charge on any atom is 0.178 e. The van der Waals surface area contributed by atoms with Crippen LogP contribution in [0, 0.1) is 17.5 Å². The van der Waals surface area contributed by atoms with Gasteiger partial charge in [-0.1, -0.05) is 31.2 Å². The number of aromatic nitrogens is 2. The molecule has 108 valence electrons. The number of rotatable bonds is 3. The Kier molecular flexibility index (Phi) is 3.64. The summed E-state index contributed by atoms with van der Waals surface area (Å²) in [5.74, 6) is -0.210. The predicted molar refractivity (Wildman–Crippen MR) is 86.7 cm³/mol. The summed E-state index contributed by atoms with van der Waals surface area (Å²) >= 11 is 5.37. The van der Waals surface area contributed by atoms with Gasteiger partial charge in [-0.2, -0.15) is 0 Å². The first-order chi connectivity index (χ1) is 10.1. The second-order valence-electron chi connectivity index (χ2n) is 5.30. The van der Waals surface area contributed by atoms with Gasteiger partial charge in [0.2, 0.25) is 0 Å². The van der Waals surface area contributed by atoms with Crippen molar-refractivity contribution in [2.24, 2.45) is 0 Å². The lowest BCUT2D eigenvalue weighted by Crippen LogP contribution is -2.00. The highest BCUT2D eigenvalue weighted by Gasteiger charge is 2.08. The third-order valence-corrected chi connectivity index (χ3v) is 4.15. The largest absolute Gasteiger partial charge is 0.330 e. The number of halogens is 1. The zero-order valence-corrected chi connectivity index (χ0v) is 12.9. The van der Waals surface area contributed by atoms with Crippen molar-refractivity contribution < 1.29 is 4.39 Å². The van der Waals surface area contributed by atoms with E-state index in [0.29, 0.717) is 16.9 Å². The van der Waals surface area contributed by atoms with Crippen molar-refractivity contribution in [3.63, 3.8) is 0 Å². The topological polar surface area (TPSA) is 20.7 Å². The number of benzene rings is 2. The van der Waals surface area contributed by atoms with Crippen LogP contribution in [-0.4, -0.2) is 9.55 Å². The molecule has 0 unspecified atom stereocenters. The van der Waals surface area contributed by atoms with Gasteiger partial charge in [-0.05, 0) is 54.4 Å². The molecular formula is C17H17FN2S. The molecule has 0 saturated carbocycles. The summed E-state index contributed by atoms with van der Waals surface area (Å²) in [6.45, 7) is 4.60. The molecule has 0 fully saturated rings. The Labute approximate surface area is 128 Å².